The summed E-state index contributed by atoms with van der Waals surface area (Å²) in [5.74, 6) is -0.405. The van der Waals surface area contributed by atoms with Crippen molar-refractivity contribution in [3.8, 4) is 0 Å². The van der Waals surface area contributed by atoms with Crippen molar-refractivity contribution in [3.63, 3.8) is 0 Å². The Morgan fingerprint density at radius 3 is 2.57 bits per heavy atom. The number of carbonyl (C=O) groups is 2. The maximum absolute atomic E-state index is 12.3. The standard InChI is InChI=1S/C16H23N3O2/c1-19(13-8-3-2-4-9-13)16(21)18-14-10-6-5-7-12(14)11-15(17)20/h5-7,10,13H,2-4,8-9,11H2,1H3,(H2,17,20)(H,18,21). The van der Waals surface area contributed by atoms with Gasteiger partial charge in [0.05, 0.1) is 6.42 Å². The molecule has 114 valence electrons. The molecule has 1 aliphatic rings. The maximum Gasteiger partial charge on any atom is 0.321 e. The van der Waals surface area contributed by atoms with Gasteiger partial charge in [0.15, 0.2) is 0 Å². The van der Waals surface area contributed by atoms with Crippen LogP contribution in [0.1, 0.15) is 37.7 Å². The molecule has 1 aromatic carbocycles. The Kier molecular flexibility index (Phi) is 5.20. The number of carbonyl (C=O) groups excluding carboxylic acids is 2. The predicted molar refractivity (Wildman–Crippen MR) is 83.0 cm³/mol. The van der Waals surface area contributed by atoms with Crippen LogP contribution in [0, 0.1) is 0 Å². The Balaban J connectivity index is 2.03. The van der Waals surface area contributed by atoms with Crippen molar-refractivity contribution in [3.05, 3.63) is 29.8 Å². The van der Waals surface area contributed by atoms with Gasteiger partial charge in [-0.3, -0.25) is 4.79 Å². The van der Waals surface area contributed by atoms with E-state index in [1.807, 2.05) is 19.2 Å². The van der Waals surface area contributed by atoms with Gasteiger partial charge < -0.3 is 16.0 Å². The van der Waals surface area contributed by atoms with Crippen LogP contribution in [0.2, 0.25) is 0 Å². The number of hydrogen-bond acceptors (Lipinski definition) is 2. The van der Waals surface area contributed by atoms with Gasteiger partial charge in [0, 0.05) is 18.8 Å². The fourth-order valence-electron chi connectivity index (χ4n) is 2.82. The normalized spacial score (nSPS) is 15.5. The molecule has 0 heterocycles. The number of benzene rings is 1. The quantitative estimate of drug-likeness (QED) is 0.893. The average Bonchev–Trinajstić information content (AvgIpc) is 2.49. The first-order valence-corrected chi connectivity index (χ1v) is 7.48. The van der Waals surface area contributed by atoms with Gasteiger partial charge in [0.25, 0.3) is 0 Å². The Bertz CT molecular complexity index is 510. The zero-order valence-electron chi connectivity index (χ0n) is 12.5. The molecule has 0 unspecified atom stereocenters. The second-order valence-corrected chi connectivity index (χ2v) is 5.63. The van der Waals surface area contributed by atoms with E-state index in [0.29, 0.717) is 11.7 Å². The molecule has 5 nitrogen and oxygen atoms in total. The summed E-state index contributed by atoms with van der Waals surface area (Å²) in [7, 11) is 1.84. The zero-order chi connectivity index (χ0) is 15.2. The third-order valence-corrected chi connectivity index (χ3v) is 4.07. The third kappa shape index (κ3) is 4.21. The molecule has 0 spiro atoms. The second kappa shape index (κ2) is 7.11. The first-order valence-electron chi connectivity index (χ1n) is 7.48. The van der Waals surface area contributed by atoms with Crippen molar-refractivity contribution in [1.29, 1.82) is 0 Å². The Labute approximate surface area is 125 Å². The minimum absolute atomic E-state index is 0.126. The molecule has 0 atom stereocenters. The Morgan fingerprint density at radius 1 is 1.24 bits per heavy atom. The molecular weight excluding hydrogens is 266 g/mol. The van der Waals surface area contributed by atoms with E-state index in [9.17, 15) is 9.59 Å². The summed E-state index contributed by atoms with van der Waals surface area (Å²) >= 11 is 0. The summed E-state index contributed by atoms with van der Waals surface area (Å²) in [6.07, 6.45) is 5.87. The maximum atomic E-state index is 12.3. The number of hydrogen-bond donors (Lipinski definition) is 2. The summed E-state index contributed by atoms with van der Waals surface area (Å²) in [4.78, 5) is 25.2. The number of nitrogens with one attached hydrogen (secondary N) is 1. The number of urea groups is 1. The van der Waals surface area contributed by atoms with Crippen LogP contribution in [-0.4, -0.2) is 29.9 Å². The smallest absolute Gasteiger partial charge is 0.321 e. The number of amides is 3. The lowest BCUT2D eigenvalue weighted by Gasteiger charge is -2.31. The van der Waals surface area contributed by atoms with Crippen molar-refractivity contribution < 1.29 is 9.59 Å². The summed E-state index contributed by atoms with van der Waals surface area (Å²) < 4.78 is 0. The SMILES string of the molecule is CN(C(=O)Nc1ccccc1CC(N)=O)C1CCCCC1. The van der Waals surface area contributed by atoms with Gasteiger partial charge >= 0.3 is 6.03 Å². The molecule has 2 rings (SSSR count). The van der Waals surface area contributed by atoms with E-state index in [4.69, 9.17) is 5.73 Å². The van der Waals surface area contributed by atoms with Crippen molar-refractivity contribution in [2.24, 2.45) is 5.73 Å². The van der Waals surface area contributed by atoms with Crippen molar-refractivity contribution in [1.82, 2.24) is 4.90 Å². The van der Waals surface area contributed by atoms with Crippen LogP contribution in [0.25, 0.3) is 0 Å². The van der Waals surface area contributed by atoms with Crippen LogP contribution in [-0.2, 0) is 11.2 Å². The molecule has 0 bridgehead atoms. The first kappa shape index (κ1) is 15.4. The number of nitrogens with zero attached hydrogens (tertiary/aromatic N) is 1. The number of para-hydroxylation sites is 1. The molecule has 5 heteroatoms. The molecule has 3 N–H and O–H groups in total. The number of nitrogens with two attached hydrogens (primary N) is 1. The molecule has 3 amide bonds. The van der Waals surface area contributed by atoms with Crippen molar-refractivity contribution in [2.45, 2.75) is 44.6 Å². The van der Waals surface area contributed by atoms with E-state index in [-0.39, 0.29) is 12.5 Å². The molecule has 1 aromatic rings. The molecule has 0 saturated heterocycles. The number of primary amides is 1. The Hall–Kier alpha value is -2.04. The van der Waals surface area contributed by atoms with Crippen molar-refractivity contribution in [2.75, 3.05) is 12.4 Å². The van der Waals surface area contributed by atoms with Gasteiger partial charge in [0.1, 0.15) is 0 Å². The summed E-state index contributed by atoms with van der Waals surface area (Å²) in [6, 6.07) is 7.45. The van der Waals surface area contributed by atoms with Gasteiger partial charge in [-0.2, -0.15) is 0 Å². The van der Waals surface area contributed by atoms with E-state index < -0.39 is 5.91 Å². The molecular formula is C16H23N3O2. The number of rotatable bonds is 4. The largest absolute Gasteiger partial charge is 0.369 e. The third-order valence-electron chi connectivity index (χ3n) is 4.07. The minimum Gasteiger partial charge on any atom is -0.369 e. The molecule has 1 saturated carbocycles. The average molecular weight is 289 g/mol. The lowest BCUT2D eigenvalue weighted by Crippen LogP contribution is -2.41. The van der Waals surface area contributed by atoms with Crippen LogP contribution < -0.4 is 11.1 Å². The Morgan fingerprint density at radius 2 is 1.90 bits per heavy atom. The molecule has 0 aromatic heterocycles. The van der Waals surface area contributed by atoms with E-state index in [1.165, 1.54) is 19.3 Å². The highest BCUT2D eigenvalue weighted by molar-refractivity contribution is 5.91. The van der Waals surface area contributed by atoms with Crippen molar-refractivity contribution >= 4 is 17.6 Å². The van der Waals surface area contributed by atoms with E-state index >= 15 is 0 Å². The fourth-order valence-corrected chi connectivity index (χ4v) is 2.82. The van der Waals surface area contributed by atoms with Crippen LogP contribution in [0.15, 0.2) is 24.3 Å². The van der Waals surface area contributed by atoms with Gasteiger partial charge in [-0.25, -0.2) is 4.79 Å². The summed E-state index contributed by atoms with van der Waals surface area (Å²) in [5.41, 5.74) is 6.64. The van der Waals surface area contributed by atoms with Crippen LogP contribution in [0.3, 0.4) is 0 Å². The molecule has 0 aliphatic heterocycles. The topological polar surface area (TPSA) is 75.4 Å². The van der Waals surface area contributed by atoms with Crippen LogP contribution in [0.4, 0.5) is 10.5 Å². The van der Waals surface area contributed by atoms with E-state index in [1.54, 1.807) is 17.0 Å². The monoisotopic (exact) mass is 289 g/mol. The predicted octanol–water partition coefficient (Wildman–Crippen LogP) is 2.51. The summed E-state index contributed by atoms with van der Waals surface area (Å²) in [5, 5.41) is 2.89. The molecule has 21 heavy (non-hydrogen) atoms. The zero-order valence-corrected chi connectivity index (χ0v) is 12.5. The summed E-state index contributed by atoms with van der Waals surface area (Å²) in [6.45, 7) is 0. The lowest BCUT2D eigenvalue weighted by atomic mass is 9.95. The van der Waals surface area contributed by atoms with E-state index in [0.717, 1.165) is 18.4 Å². The highest BCUT2D eigenvalue weighted by atomic mass is 16.2. The van der Waals surface area contributed by atoms with Crippen LogP contribution in [0.5, 0.6) is 0 Å². The highest BCUT2D eigenvalue weighted by Gasteiger charge is 2.22. The van der Waals surface area contributed by atoms with E-state index in [2.05, 4.69) is 5.32 Å². The van der Waals surface area contributed by atoms with Gasteiger partial charge in [-0.15, -0.1) is 0 Å². The highest BCUT2D eigenvalue weighted by Crippen LogP contribution is 2.23. The number of anilines is 1. The molecule has 0 radical (unpaired) electrons. The first-order chi connectivity index (χ1) is 10.1. The van der Waals surface area contributed by atoms with Gasteiger partial charge in [0.2, 0.25) is 5.91 Å². The van der Waals surface area contributed by atoms with Crippen LogP contribution >= 0.6 is 0 Å². The fraction of sp³-hybridized carbons (Fsp3) is 0.500. The minimum atomic E-state index is -0.405. The lowest BCUT2D eigenvalue weighted by molar-refractivity contribution is -0.117. The second-order valence-electron chi connectivity index (χ2n) is 5.63. The molecule has 1 aliphatic carbocycles. The van der Waals surface area contributed by atoms with Gasteiger partial charge in [-0.1, -0.05) is 37.5 Å². The van der Waals surface area contributed by atoms with Gasteiger partial charge in [-0.05, 0) is 24.5 Å². The molecule has 1 fully saturated rings.